The number of likely N-dealkylation sites (tertiary alicyclic amines) is 1. The van der Waals surface area contributed by atoms with Gasteiger partial charge in [-0.25, -0.2) is 4.79 Å². The van der Waals surface area contributed by atoms with Gasteiger partial charge >= 0.3 is 5.69 Å². The highest BCUT2D eigenvalue weighted by molar-refractivity contribution is 5.78. The van der Waals surface area contributed by atoms with Crippen LogP contribution in [0.5, 0.6) is 0 Å². The Bertz CT molecular complexity index is 653. The SMILES string of the molecule is CCN(C)C[C@@H]1CN(C(=O)Cc2c[nH]c(=O)[nH]c2=O)C[C@@H]1CO. The van der Waals surface area contributed by atoms with Gasteiger partial charge in [-0.2, -0.15) is 0 Å². The standard InChI is InChI=1S/C15H24N4O4/c1-3-18(2)6-11-7-19(8-12(11)9-20)13(21)4-10-5-16-15(23)17-14(10)22/h5,11-12,20H,3-4,6-9H2,1-2H3,(H2,16,17,22,23)/t11-,12-/m1/s1. The number of aromatic amines is 2. The van der Waals surface area contributed by atoms with Crippen LogP contribution in [0.1, 0.15) is 12.5 Å². The molecule has 0 unspecified atom stereocenters. The molecule has 23 heavy (non-hydrogen) atoms. The molecule has 2 atom stereocenters. The molecule has 1 saturated heterocycles. The van der Waals surface area contributed by atoms with Crippen molar-refractivity contribution in [3.8, 4) is 0 Å². The summed E-state index contributed by atoms with van der Waals surface area (Å²) in [6.07, 6.45) is 1.22. The summed E-state index contributed by atoms with van der Waals surface area (Å²) in [6, 6.07) is 0. The second-order valence-electron chi connectivity index (χ2n) is 6.13. The summed E-state index contributed by atoms with van der Waals surface area (Å²) in [4.78, 5) is 43.4. The number of rotatable bonds is 6. The van der Waals surface area contributed by atoms with Crippen molar-refractivity contribution < 1.29 is 9.90 Å². The average molecular weight is 324 g/mol. The first-order chi connectivity index (χ1) is 10.9. The van der Waals surface area contributed by atoms with Crippen molar-refractivity contribution in [3.63, 3.8) is 0 Å². The molecule has 0 spiro atoms. The maximum atomic E-state index is 12.4. The number of hydrogen-bond acceptors (Lipinski definition) is 5. The molecule has 1 fully saturated rings. The molecule has 0 bridgehead atoms. The number of aliphatic hydroxyl groups is 1. The first kappa shape index (κ1) is 17.4. The van der Waals surface area contributed by atoms with Gasteiger partial charge in [-0.05, 0) is 19.5 Å². The largest absolute Gasteiger partial charge is 0.396 e. The molecule has 1 amide bonds. The second kappa shape index (κ2) is 7.56. The van der Waals surface area contributed by atoms with E-state index in [0.717, 1.165) is 13.1 Å². The van der Waals surface area contributed by atoms with Gasteiger partial charge in [-0.3, -0.25) is 14.6 Å². The average Bonchev–Trinajstić information content (AvgIpc) is 2.92. The molecule has 2 heterocycles. The van der Waals surface area contributed by atoms with E-state index in [4.69, 9.17) is 0 Å². The Morgan fingerprint density at radius 1 is 1.39 bits per heavy atom. The Hall–Kier alpha value is -1.93. The van der Waals surface area contributed by atoms with Crippen LogP contribution in [0.25, 0.3) is 0 Å². The van der Waals surface area contributed by atoms with Crippen LogP contribution in [0.3, 0.4) is 0 Å². The van der Waals surface area contributed by atoms with Gasteiger partial charge < -0.3 is 19.9 Å². The van der Waals surface area contributed by atoms with Gasteiger partial charge in [-0.15, -0.1) is 0 Å². The highest BCUT2D eigenvalue weighted by Gasteiger charge is 2.35. The Morgan fingerprint density at radius 2 is 2.09 bits per heavy atom. The molecular formula is C15H24N4O4. The third kappa shape index (κ3) is 4.29. The Kier molecular flexibility index (Phi) is 5.73. The van der Waals surface area contributed by atoms with Crippen molar-refractivity contribution >= 4 is 5.91 Å². The van der Waals surface area contributed by atoms with Crippen LogP contribution in [0.15, 0.2) is 15.8 Å². The van der Waals surface area contributed by atoms with E-state index in [2.05, 4.69) is 21.8 Å². The molecule has 128 valence electrons. The van der Waals surface area contributed by atoms with Crippen molar-refractivity contribution in [1.29, 1.82) is 0 Å². The third-order valence-corrected chi connectivity index (χ3v) is 4.49. The van der Waals surface area contributed by atoms with Gasteiger partial charge in [0, 0.05) is 43.9 Å². The minimum absolute atomic E-state index is 0.0469. The van der Waals surface area contributed by atoms with E-state index >= 15 is 0 Å². The maximum Gasteiger partial charge on any atom is 0.325 e. The summed E-state index contributed by atoms with van der Waals surface area (Å²) < 4.78 is 0. The minimum Gasteiger partial charge on any atom is -0.396 e. The van der Waals surface area contributed by atoms with Gasteiger partial charge in [0.05, 0.1) is 6.42 Å². The molecule has 8 heteroatoms. The lowest BCUT2D eigenvalue weighted by molar-refractivity contribution is -0.129. The summed E-state index contributed by atoms with van der Waals surface area (Å²) >= 11 is 0. The predicted molar refractivity (Wildman–Crippen MR) is 85.2 cm³/mol. The summed E-state index contributed by atoms with van der Waals surface area (Å²) in [6.45, 7) is 4.92. The molecule has 0 aromatic carbocycles. The number of H-pyrrole nitrogens is 2. The van der Waals surface area contributed by atoms with E-state index in [9.17, 15) is 19.5 Å². The Balaban J connectivity index is 2.02. The van der Waals surface area contributed by atoms with Crippen LogP contribution in [-0.4, -0.2) is 70.6 Å². The van der Waals surface area contributed by atoms with Crippen LogP contribution >= 0.6 is 0 Å². The molecule has 3 N–H and O–H groups in total. The lowest BCUT2D eigenvalue weighted by Crippen LogP contribution is -2.34. The molecule has 0 radical (unpaired) electrons. The third-order valence-electron chi connectivity index (χ3n) is 4.49. The van der Waals surface area contributed by atoms with Crippen LogP contribution in [-0.2, 0) is 11.2 Å². The summed E-state index contributed by atoms with van der Waals surface area (Å²) in [5.74, 6) is 0.118. The van der Waals surface area contributed by atoms with Gasteiger partial charge in [-0.1, -0.05) is 6.92 Å². The van der Waals surface area contributed by atoms with Gasteiger partial charge in [0.25, 0.3) is 5.56 Å². The zero-order valence-electron chi connectivity index (χ0n) is 13.5. The van der Waals surface area contributed by atoms with E-state index in [1.165, 1.54) is 6.20 Å². The number of aromatic nitrogens is 2. The first-order valence-electron chi connectivity index (χ1n) is 7.82. The van der Waals surface area contributed by atoms with Crippen molar-refractivity contribution in [2.75, 3.05) is 39.8 Å². The minimum atomic E-state index is -0.588. The van der Waals surface area contributed by atoms with Crippen molar-refractivity contribution in [2.45, 2.75) is 13.3 Å². The number of nitrogens with one attached hydrogen (secondary N) is 2. The summed E-state index contributed by atoms with van der Waals surface area (Å²) in [5, 5.41) is 9.53. The van der Waals surface area contributed by atoms with Crippen LogP contribution in [0, 0.1) is 11.8 Å². The van der Waals surface area contributed by atoms with E-state index < -0.39 is 11.2 Å². The summed E-state index contributed by atoms with van der Waals surface area (Å²) in [7, 11) is 2.01. The normalized spacial score (nSPS) is 21.1. The smallest absolute Gasteiger partial charge is 0.325 e. The molecule has 8 nitrogen and oxygen atoms in total. The zero-order valence-corrected chi connectivity index (χ0v) is 13.5. The number of carbonyl (C=O) groups excluding carboxylic acids is 1. The van der Waals surface area contributed by atoms with E-state index in [-0.39, 0.29) is 36.3 Å². The van der Waals surface area contributed by atoms with Crippen LogP contribution in [0.2, 0.25) is 0 Å². The fourth-order valence-electron chi connectivity index (χ4n) is 2.93. The quantitative estimate of drug-likeness (QED) is 0.598. The highest BCUT2D eigenvalue weighted by Crippen LogP contribution is 2.24. The Morgan fingerprint density at radius 3 is 2.70 bits per heavy atom. The van der Waals surface area contributed by atoms with E-state index in [0.29, 0.717) is 13.1 Å². The number of hydrogen-bond donors (Lipinski definition) is 3. The fraction of sp³-hybridized carbons (Fsp3) is 0.667. The fourth-order valence-corrected chi connectivity index (χ4v) is 2.93. The van der Waals surface area contributed by atoms with Crippen molar-refractivity contribution in [2.24, 2.45) is 11.8 Å². The lowest BCUT2D eigenvalue weighted by atomic mass is 9.96. The van der Waals surface area contributed by atoms with E-state index in [1.54, 1.807) is 4.90 Å². The van der Waals surface area contributed by atoms with Crippen molar-refractivity contribution in [3.05, 3.63) is 32.6 Å². The van der Waals surface area contributed by atoms with Crippen molar-refractivity contribution in [1.82, 2.24) is 19.8 Å². The van der Waals surface area contributed by atoms with Crippen LogP contribution < -0.4 is 11.2 Å². The molecule has 0 aliphatic carbocycles. The molecular weight excluding hydrogens is 300 g/mol. The molecule has 1 aromatic rings. The second-order valence-corrected chi connectivity index (χ2v) is 6.13. The predicted octanol–water partition coefficient (Wildman–Crippen LogP) is -1.38. The number of nitrogens with zero attached hydrogens (tertiary/aromatic N) is 2. The monoisotopic (exact) mass is 324 g/mol. The summed E-state index contributed by atoms with van der Waals surface area (Å²) in [5.41, 5.74) is -0.887. The highest BCUT2D eigenvalue weighted by atomic mass is 16.3. The molecule has 0 saturated carbocycles. The molecule has 1 aliphatic heterocycles. The molecule has 1 aromatic heterocycles. The van der Waals surface area contributed by atoms with Gasteiger partial charge in [0.1, 0.15) is 0 Å². The van der Waals surface area contributed by atoms with Gasteiger partial charge in [0.15, 0.2) is 0 Å². The number of amides is 1. The zero-order chi connectivity index (χ0) is 17.0. The van der Waals surface area contributed by atoms with Crippen LogP contribution in [0.4, 0.5) is 0 Å². The number of carbonyl (C=O) groups is 1. The Labute approximate surface area is 134 Å². The van der Waals surface area contributed by atoms with Gasteiger partial charge in [0.2, 0.25) is 5.91 Å². The first-order valence-corrected chi connectivity index (χ1v) is 7.82. The van der Waals surface area contributed by atoms with E-state index in [1.807, 2.05) is 7.05 Å². The topological polar surface area (TPSA) is 110 Å². The number of aliphatic hydroxyl groups excluding tert-OH is 1. The lowest BCUT2D eigenvalue weighted by Gasteiger charge is -2.22. The molecule has 1 aliphatic rings. The molecule has 2 rings (SSSR count). The maximum absolute atomic E-state index is 12.4.